The number of benzene rings is 2. The monoisotopic (exact) mass is 347 g/mol. The Kier molecular flexibility index (Phi) is 4.63. The first-order chi connectivity index (χ1) is 12.5. The number of nitrogens with one attached hydrogen (secondary N) is 1. The second-order valence-electron chi connectivity index (χ2n) is 5.49. The molecule has 0 atom stereocenters. The van der Waals surface area contributed by atoms with Crippen molar-refractivity contribution in [1.29, 1.82) is 0 Å². The molecule has 128 valence electrons. The molecule has 0 heterocycles. The fraction of sp³-hybridized carbons (Fsp3) is 0.100. The molecule has 0 radical (unpaired) electrons. The Morgan fingerprint density at radius 3 is 2.31 bits per heavy atom. The van der Waals surface area contributed by atoms with Crippen molar-refractivity contribution >= 4 is 23.4 Å². The standard InChI is InChI=1S/C20H13NO5/c1-2-10-21-16(22)11-26-20(25)15-9-5-8-14-17(15)19(24)13-7-4-3-6-12(13)18(14)23/h1,3-9H,10-11H2,(H,21,22). The van der Waals surface area contributed by atoms with Gasteiger partial charge in [0, 0.05) is 22.3 Å². The molecule has 0 bridgehead atoms. The lowest BCUT2D eigenvalue weighted by Crippen LogP contribution is -2.30. The highest BCUT2D eigenvalue weighted by atomic mass is 16.5. The Morgan fingerprint density at radius 1 is 0.962 bits per heavy atom. The molecule has 0 fully saturated rings. The highest BCUT2D eigenvalue weighted by Crippen LogP contribution is 2.29. The molecule has 0 aromatic heterocycles. The van der Waals surface area contributed by atoms with Crippen molar-refractivity contribution in [1.82, 2.24) is 5.32 Å². The Hall–Kier alpha value is -3.72. The minimum absolute atomic E-state index is 0.00904. The second kappa shape index (κ2) is 7.03. The fourth-order valence-electron chi connectivity index (χ4n) is 2.72. The summed E-state index contributed by atoms with van der Waals surface area (Å²) in [5.74, 6) is 0.0329. The lowest BCUT2D eigenvalue weighted by Gasteiger charge is -2.19. The topological polar surface area (TPSA) is 89.5 Å². The maximum absolute atomic E-state index is 12.8. The first-order valence-corrected chi connectivity index (χ1v) is 7.73. The van der Waals surface area contributed by atoms with E-state index < -0.39 is 24.3 Å². The van der Waals surface area contributed by atoms with Gasteiger partial charge in [-0.25, -0.2) is 4.79 Å². The van der Waals surface area contributed by atoms with E-state index in [1.807, 2.05) is 0 Å². The average molecular weight is 347 g/mol. The molecule has 1 amide bonds. The minimum atomic E-state index is -0.863. The zero-order valence-electron chi connectivity index (χ0n) is 13.6. The van der Waals surface area contributed by atoms with Gasteiger partial charge in [0.1, 0.15) is 0 Å². The number of ether oxygens (including phenoxy) is 1. The summed E-state index contributed by atoms with van der Waals surface area (Å²) in [7, 11) is 0. The summed E-state index contributed by atoms with van der Waals surface area (Å²) >= 11 is 0. The lowest BCUT2D eigenvalue weighted by atomic mass is 9.82. The number of esters is 1. The molecule has 3 rings (SSSR count). The highest BCUT2D eigenvalue weighted by Gasteiger charge is 2.33. The van der Waals surface area contributed by atoms with E-state index in [9.17, 15) is 19.2 Å². The lowest BCUT2D eigenvalue weighted by molar-refractivity contribution is -0.123. The number of rotatable bonds is 4. The molecule has 0 saturated carbocycles. The van der Waals surface area contributed by atoms with Crippen LogP contribution in [-0.2, 0) is 9.53 Å². The Morgan fingerprint density at radius 2 is 1.62 bits per heavy atom. The third kappa shape index (κ3) is 2.98. The van der Waals surface area contributed by atoms with E-state index in [1.165, 1.54) is 24.3 Å². The quantitative estimate of drug-likeness (QED) is 0.569. The van der Waals surface area contributed by atoms with Crippen molar-refractivity contribution < 1.29 is 23.9 Å². The predicted molar refractivity (Wildman–Crippen MR) is 91.9 cm³/mol. The average Bonchev–Trinajstić information content (AvgIpc) is 2.68. The van der Waals surface area contributed by atoms with Crippen molar-refractivity contribution in [3.63, 3.8) is 0 Å². The first-order valence-electron chi connectivity index (χ1n) is 7.73. The summed E-state index contributed by atoms with van der Waals surface area (Å²) in [6.07, 6.45) is 5.03. The van der Waals surface area contributed by atoms with Crippen molar-refractivity contribution in [3.8, 4) is 12.3 Å². The van der Waals surface area contributed by atoms with Crippen LogP contribution in [0, 0.1) is 12.3 Å². The zero-order valence-corrected chi connectivity index (χ0v) is 13.6. The third-order valence-corrected chi connectivity index (χ3v) is 3.89. The number of carbonyl (C=O) groups is 4. The molecule has 1 aliphatic rings. The maximum atomic E-state index is 12.8. The molecule has 2 aromatic rings. The van der Waals surface area contributed by atoms with Crippen molar-refractivity contribution in [2.45, 2.75) is 0 Å². The number of amides is 1. The van der Waals surface area contributed by atoms with Crippen LogP contribution in [-0.4, -0.2) is 36.6 Å². The maximum Gasteiger partial charge on any atom is 0.339 e. The number of terminal acetylenes is 1. The number of hydrogen-bond donors (Lipinski definition) is 1. The molecule has 1 aliphatic carbocycles. The number of ketones is 2. The van der Waals surface area contributed by atoms with Gasteiger partial charge in [-0.2, -0.15) is 0 Å². The van der Waals surface area contributed by atoms with Gasteiger partial charge < -0.3 is 10.1 Å². The Labute approximate surface area is 149 Å². The molecule has 1 N–H and O–H groups in total. The van der Waals surface area contributed by atoms with Crippen LogP contribution in [0.3, 0.4) is 0 Å². The number of carbonyl (C=O) groups excluding carboxylic acids is 4. The summed E-state index contributed by atoms with van der Waals surface area (Å²) in [5, 5.41) is 2.36. The normalized spacial score (nSPS) is 11.8. The largest absolute Gasteiger partial charge is 0.452 e. The van der Waals surface area contributed by atoms with Gasteiger partial charge in [0.2, 0.25) is 0 Å². The first kappa shape index (κ1) is 17.1. The summed E-state index contributed by atoms with van der Waals surface area (Å²) < 4.78 is 4.94. The van der Waals surface area contributed by atoms with Crippen molar-refractivity contribution in [2.24, 2.45) is 0 Å². The zero-order chi connectivity index (χ0) is 18.7. The van der Waals surface area contributed by atoms with Crippen molar-refractivity contribution in [3.05, 3.63) is 70.3 Å². The van der Waals surface area contributed by atoms with Crippen LogP contribution in [0.5, 0.6) is 0 Å². The van der Waals surface area contributed by atoms with Gasteiger partial charge in [-0.15, -0.1) is 6.42 Å². The summed E-state index contributed by atoms with van der Waals surface area (Å²) in [6.45, 7) is -0.524. The van der Waals surface area contributed by atoms with Crippen LogP contribution in [0.15, 0.2) is 42.5 Å². The second-order valence-corrected chi connectivity index (χ2v) is 5.49. The summed E-state index contributed by atoms with van der Waals surface area (Å²) in [5.41, 5.74) is 0.603. The summed E-state index contributed by atoms with van der Waals surface area (Å²) in [4.78, 5) is 49.3. The Bertz CT molecular complexity index is 984. The van der Waals surface area contributed by atoms with Crippen LogP contribution in [0.2, 0.25) is 0 Å². The van der Waals surface area contributed by atoms with Gasteiger partial charge in [-0.1, -0.05) is 42.3 Å². The van der Waals surface area contributed by atoms with E-state index in [1.54, 1.807) is 18.2 Å². The highest BCUT2D eigenvalue weighted by molar-refractivity contribution is 6.30. The van der Waals surface area contributed by atoms with Gasteiger partial charge in [-0.05, 0) is 6.07 Å². The van der Waals surface area contributed by atoms with E-state index in [-0.39, 0.29) is 34.6 Å². The van der Waals surface area contributed by atoms with E-state index >= 15 is 0 Å². The molecule has 0 spiro atoms. The SMILES string of the molecule is C#CCNC(=O)COC(=O)c1cccc2c1C(=O)c1ccccc1C2=O. The summed E-state index contributed by atoms with van der Waals surface area (Å²) in [6, 6.07) is 10.8. The smallest absolute Gasteiger partial charge is 0.339 e. The number of hydrogen-bond acceptors (Lipinski definition) is 5. The van der Waals surface area contributed by atoms with Gasteiger partial charge in [-0.3, -0.25) is 14.4 Å². The molecule has 2 aromatic carbocycles. The van der Waals surface area contributed by atoms with Crippen LogP contribution in [0.1, 0.15) is 42.2 Å². The molecular weight excluding hydrogens is 334 g/mol. The van der Waals surface area contributed by atoms with Gasteiger partial charge in [0.05, 0.1) is 12.1 Å². The number of fused-ring (bicyclic) bond motifs is 2. The fourth-order valence-corrected chi connectivity index (χ4v) is 2.72. The molecule has 0 saturated heterocycles. The van der Waals surface area contributed by atoms with Gasteiger partial charge in [0.15, 0.2) is 18.2 Å². The molecule has 0 unspecified atom stereocenters. The van der Waals surface area contributed by atoms with Crippen LogP contribution >= 0.6 is 0 Å². The van der Waals surface area contributed by atoms with Crippen LogP contribution in [0.4, 0.5) is 0 Å². The van der Waals surface area contributed by atoms with Crippen LogP contribution in [0.25, 0.3) is 0 Å². The van der Waals surface area contributed by atoms with E-state index in [0.717, 1.165) is 0 Å². The molecule has 26 heavy (non-hydrogen) atoms. The minimum Gasteiger partial charge on any atom is -0.452 e. The molecule has 0 aliphatic heterocycles. The molecule has 6 heteroatoms. The third-order valence-electron chi connectivity index (χ3n) is 3.89. The predicted octanol–water partition coefficient (Wildman–Crippen LogP) is 1.37. The van der Waals surface area contributed by atoms with E-state index in [2.05, 4.69) is 11.2 Å². The van der Waals surface area contributed by atoms with Gasteiger partial charge >= 0.3 is 5.97 Å². The molecular formula is C20H13NO5. The van der Waals surface area contributed by atoms with Gasteiger partial charge in [0.25, 0.3) is 5.91 Å². The van der Waals surface area contributed by atoms with E-state index in [4.69, 9.17) is 11.2 Å². The Balaban J connectivity index is 1.91. The van der Waals surface area contributed by atoms with E-state index in [0.29, 0.717) is 5.56 Å². The molecule has 6 nitrogen and oxygen atoms in total. The van der Waals surface area contributed by atoms with Crippen molar-refractivity contribution in [2.75, 3.05) is 13.2 Å². The van der Waals surface area contributed by atoms with Crippen LogP contribution < -0.4 is 5.32 Å².